The maximum Gasteiger partial charge on any atom is 0.161 e. The third-order valence-electron chi connectivity index (χ3n) is 3.04. The van der Waals surface area contributed by atoms with Crippen LogP contribution in [0.15, 0.2) is 18.2 Å². The quantitative estimate of drug-likeness (QED) is 0.666. The minimum absolute atomic E-state index is 0.273. The molecule has 0 aromatic heterocycles. The Bertz CT molecular complexity index is 384. The van der Waals surface area contributed by atoms with Gasteiger partial charge in [0.15, 0.2) is 11.5 Å². The van der Waals surface area contributed by atoms with Gasteiger partial charge in [-0.1, -0.05) is 6.07 Å². The van der Waals surface area contributed by atoms with Crippen molar-refractivity contribution in [3.63, 3.8) is 0 Å². The average Bonchev–Trinajstić information content (AvgIpc) is 2.50. The van der Waals surface area contributed by atoms with Gasteiger partial charge >= 0.3 is 0 Å². The summed E-state index contributed by atoms with van der Waals surface area (Å²) in [6, 6.07) is 6.22. The molecule has 0 heterocycles. The molecule has 0 spiro atoms. The van der Waals surface area contributed by atoms with Crippen LogP contribution in [0.5, 0.6) is 11.5 Å². The van der Waals surface area contributed by atoms with Gasteiger partial charge < -0.3 is 24.3 Å². The van der Waals surface area contributed by atoms with Gasteiger partial charge in [-0.2, -0.15) is 0 Å². The summed E-state index contributed by atoms with van der Waals surface area (Å²) in [6.45, 7) is 4.29. The first-order valence-corrected chi connectivity index (χ1v) is 6.77. The summed E-state index contributed by atoms with van der Waals surface area (Å²) in [5.41, 5.74) is 1.16. The van der Waals surface area contributed by atoms with E-state index in [4.69, 9.17) is 18.9 Å². The van der Waals surface area contributed by atoms with E-state index in [1.165, 1.54) is 0 Å². The normalized spacial score (nSPS) is 12.2. The molecule has 0 amide bonds. The van der Waals surface area contributed by atoms with Crippen molar-refractivity contribution in [1.82, 2.24) is 5.32 Å². The van der Waals surface area contributed by atoms with Crippen LogP contribution in [0.3, 0.4) is 0 Å². The molecule has 1 unspecified atom stereocenters. The van der Waals surface area contributed by atoms with Crippen molar-refractivity contribution in [2.75, 3.05) is 47.7 Å². The fourth-order valence-corrected chi connectivity index (χ4v) is 1.69. The van der Waals surface area contributed by atoms with E-state index in [1.807, 2.05) is 25.2 Å². The molecule has 1 rings (SSSR count). The van der Waals surface area contributed by atoms with Crippen LogP contribution in [0, 0.1) is 0 Å². The molecular formula is C15H25NO4. The maximum absolute atomic E-state index is 5.67. The average molecular weight is 283 g/mol. The smallest absolute Gasteiger partial charge is 0.161 e. The number of hydrogen-bond acceptors (Lipinski definition) is 5. The third-order valence-corrected chi connectivity index (χ3v) is 3.04. The van der Waals surface area contributed by atoms with Crippen molar-refractivity contribution in [1.29, 1.82) is 0 Å². The van der Waals surface area contributed by atoms with E-state index in [9.17, 15) is 0 Å². The molecule has 1 N–H and O–H groups in total. The summed E-state index contributed by atoms with van der Waals surface area (Å²) in [6.07, 6.45) is 0. The standard InChI is InChI=1S/C15H25NO4/c1-12(16-2)13-5-6-14(15(11-13)18-4)20-10-9-19-8-7-17-3/h5-6,11-12,16H,7-10H2,1-4H3. The number of ether oxygens (including phenoxy) is 4. The second-order valence-corrected chi connectivity index (χ2v) is 4.37. The summed E-state index contributed by atoms with van der Waals surface area (Å²) in [4.78, 5) is 0. The molecule has 0 saturated carbocycles. The molecule has 1 atom stereocenters. The number of methoxy groups -OCH3 is 2. The minimum Gasteiger partial charge on any atom is -0.493 e. The van der Waals surface area contributed by atoms with Crippen molar-refractivity contribution < 1.29 is 18.9 Å². The topological polar surface area (TPSA) is 49.0 Å². The molecule has 20 heavy (non-hydrogen) atoms. The Morgan fingerprint density at radius 2 is 1.80 bits per heavy atom. The van der Waals surface area contributed by atoms with Crippen LogP contribution >= 0.6 is 0 Å². The zero-order chi connectivity index (χ0) is 14.8. The van der Waals surface area contributed by atoms with Gasteiger partial charge in [0.1, 0.15) is 6.61 Å². The molecule has 5 nitrogen and oxygen atoms in total. The van der Waals surface area contributed by atoms with E-state index >= 15 is 0 Å². The number of nitrogens with one attached hydrogen (secondary N) is 1. The summed E-state index contributed by atoms with van der Waals surface area (Å²) in [7, 11) is 5.22. The molecule has 0 saturated heterocycles. The summed E-state index contributed by atoms with van der Waals surface area (Å²) < 4.78 is 21.3. The molecule has 114 valence electrons. The van der Waals surface area contributed by atoms with Crippen molar-refractivity contribution in [2.24, 2.45) is 0 Å². The summed E-state index contributed by atoms with van der Waals surface area (Å²) in [5, 5.41) is 3.20. The van der Waals surface area contributed by atoms with Gasteiger partial charge in [-0.05, 0) is 31.7 Å². The van der Waals surface area contributed by atoms with Crippen LogP contribution in [-0.4, -0.2) is 47.7 Å². The zero-order valence-electron chi connectivity index (χ0n) is 12.8. The molecule has 0 fully saturated rings. The first-order valence-electron chi connectivity index (χ1n) is 6.77. The second kappa shape index (κ2) is 9.58. The van der Waals surface area contributed by atoms with Crippen LogP contribution in [0.25, 0.3) is 0 Å². The predicted octanol–water partition coefficient (Wildman–Crippen LogP) is 2.02. The van der Waals surface area contributed by atoms with Crippen LogP contribution in [-0.2, 0) is 9.47 Å². The van der Waals surface area contributed by atoms with Gasteiger partial charge in [0.25, 0.3) is 0 Å². The minimum atomic E-state index is 0.273. The molecule has 0 aliphatic carbocycles. The van der Waals surface area contributed by atoms with Gasteiger partial charge in [-0.3, -0.25) is 0 Å². The van der Waals surface area contributed by atoms with E-state index in [0.717, 1.165) is 17.1 Å². The largest absolute Gasteiger partial charge is 0.493 e. The number of hydrogen-bond donors (Lipinski definition) is 1. The monoisotopic (exact) mass is 283 g/mol. The Labute approximate surface area is 121 Å². The molecule has 0 bridgehead atoms. The predicted molar refractivity (Wildman–Crippen MR) is 78.7 cm³/mol. The highest BCUT2D eigenvalue weighted by Crippen LogP contribution is 2.30. The van der Waals surface area contributed by atoms with Gasteiger partial charge in [0.05, 0.1) is 26.9 Å². The van der Waals surface area contributed by atoms with Crippen LogP contribution in [0.2, 0.25) is 0 Å². The highest BCUT2D eigenvalue weighted by Gasteiger charge is 2.09. The lowest BCUT2D eigenvalue weighted by atomic mass is 10.1. The molecular weight excluding hydrogens is 258 g/mol. The summed E-state index contributed by atoms with van der Waals surface area (Å²) >= 11 is 0. The van der Waals surface area contributed by atoms with E-state index in [-0.39, 0.29) is 6.04 Å². The first-order chi connectivity index (χ1) is 9.72. The van der Waals surface area contributed by atoms with Gasteiger partial charge in [0.2, 0.25) is 0 Å². The van der Waals surface area contributed by atoms with Gasteiger partial charge in [0, 0.05) is 13.2 Å². The Kier molecular flexibility index (Phi) is 8.02. The molecule has 1 aromatic carbocycles. The first kappa shape index (κ1) is 16.8. The SMILES string of the molecule is CNC(C)c1ccc(OCCOCCOC)c(OC)c1. The van der Waals surface area contributed by atoms with Crippen molar-refractivity contribution in [2.45, 2.75) is 13.0 Å². The van der Waals surface area contributed by atoms with E-state index in [2.05, 4.69) is 12.2 Å². The van der Waals surface area contributed by atoms with Crippen molar-refractivity contribution >= 4 is 0 Å². The Balaban J connectivity index is 2.49. The maximum atomic E-state index is 5.67. The van der Waals surface area contributed by atoms with E-state index in [1.54, 1.807) is 14.2 Å². The lowest BCUT2D eigenvalue weighted by Crippen LogP contribution is -2.13. The summed E-state index contributed by atoms with van der Waals surface area (Å²) in [5.74, 6) is 1.47. The van der Waals surface area contributed by atoms with Gasteiger partial charge in [-0.15, -0.1) is 0 Å². The molecule has 0 aliphatic rings. The highest BCUT2D eigenvalue weighted by atomic mass is 16.5. The molecule has 5 heteroatoms. The van der Waals surface area contributed by atoms with Crippen LogP contribution < -0.4 is 14.8 Å². The van der Waals surface area contributed by atoms with Crippen molar-refractivity contribution in [3.8, 4) is 11.5 Å². The molecule has 0 aliphatic heterocycles. The highest BCUT2D eigenvalue weighted by molar-refractivity contribution is 5.43. The van der Waals surface area contributed by atoms with Crippen LogP contribution in [0.1, 0.15) is 18.5 Å². The second-order valence-electron chi connectivity index (χ2n) is 4.37. The number of benzene rings is 1. The fraction of sp³-hybridized carbons (Fsp3) is 0.600. The molecule has 1 aromatic rings. The Hall–Kier alpha value is -1.30. The van der Waals surface area contributed by atoms with E-state index in [0.29, 0.717) is 26.4 Å². The van der Waals surface area contributed by atoms with E-state index < -0.39 is 0 Å². The van der Waals surface area contributed by atoms with Gasteiger partial charge in [-0.25, -0.2) is 0 Å². The fourth-order valence-electron chi connectivity index (χ4n) is 1.69. The number of rotatable bonds is 10. The Morgan fingerprint density at radius 3 is 2.45 bits per heavy atom. The third kappa shape index (κ3) is 5.36. The zero-order valence-corrected chi connectivity index (χ0v) is 12.8. The lowest BCUT2D eigenvalue weighted by Gasteiger charge is -2.15. The molecule has 0 radical (unpaired) electrons. The Morgan fingerprint density at radius 1 is 1.05 bits per heavy atom. The lowest BCUT2D eigenvalue weighted by molar-refractivity contribution is 0.0540. The van der Waals surface area contributed by atoms with Crippen molar-refractivity contribution in [3.05, 3.63) is 23.8 Å². The van der Waals surface area contributed by atoms with Crippen LogP contribution in [0.4, 0.5) is 0 Å².